The van der Waals surface area contributed by atoms with E-state index in [0.29, 0.717) is 11.0 Å². The molecular weight excluding hydrogens is 431 g/mol. The van der Waals surface area contributed by atoms with E-state index in [4.69, 9.17) is 21.1 Å². The molecule has 1 atom stereocenters. The van der Waals surface area contributed by atoms with E-state index in [1.54, 1.807) is 20.8 Å². The number of ether oxygens (including phenoxy) is 2. The Kier molecular flexibility index (Phi) is 5.09. The van der Waals surface area contributed by atoms with Crippen molar-refractivity contribution in [3.63, 3.8) is 0 Å². The minimum Gasteiger partial charge on any atom is -0.489 e. The summed E-state index contributed by atoms with van der Waals surface area (Å²) in [6.07, 6.45) is -0.446. The Hall–Kier alpha value is -1.54. The standard InChI is InChI=1S/C17H19BrClFN2O4/c1-17(2,3)26-16(24)21-4-5-22-9(7-21)8-25-14-12(15(22)23)11(20)6-10(18)13(14)19/h6,9H,4-5,7-8H2,1-3H3/t9-/m1/s1. The maximum absolute atomic E-state index is 14.4. The van der Waals surface area contributed by atoms with Crippen molar-refractivity contribution < 1.29 is 23.5 Å². The molecule has 9 heteroatoms. The van der Waals surface area contributed by atoms with Gasteiger partial charge in [0.05, 0.1) is 11.1 Å². The molecule has 3 rings (SSSR count). The maximum atomic E-state index is 14.4. The van der Waals surface area contributed by atoms with Gasteiger partial charge in [0.25, 0.3) is 5.91 Å². The zero-order chi connectivity index (χ0) is 19.2. The van der Waals surface area contributed by atoms with Gasteiger partial charge in [0.2, 0.25) is 0 Å². The molecule has 0 spiro atoms. The van der Waals surface area contributed by atoms with Crippen molar-refractivity contribution in [3.8, 4) is 5.75 Å². The first-order valence-electron chi connectivity index (χ1n) is 8.17. The lowest BCUT2D eigenvalue weighted by Crippen LogP contribution is -2.58. The molecule has 2 aliphatic heterocycles. The van der Waals surface area contributed by atoms with Crippen molar-refractivity contribution in [1.82, 2.24) is 9.80 Å². The van der Waals surface area contributed by atoms with Crippen LogP contribution in [0.5, 0.6) is 5.75 Å². The zero-order valence-electron chi connectivity index (χ0n) is 14.6. The molecule has 1 aromatic carbocycles. The first kappa shape index (κ1) is 19.2. The Morgan fingerprint density at radius 1 is 1.42 bits per heavy atom. The van der Waals surface area contributed by atoms with E-state index in [9.17, 15) is 14.0 Å². The maximum Gasteiger partial charge on any atom is 0.410 e. The summed E-state index contributed by atoms with van der Waals surface area (Å²) >= 11 is 9.33. The van der Waals surface area contributed by atoms with Gasteiger partial charge in [-0.15, -0.1) is 0 Å². The molecular formula is C17H19BrClFN2O4. The quantitative estimate of drug-likeness (QED) is 0.567. The van der Waals surface area contributed by atoms with Gasteiger partial charge in [-0.2, -0.15) is 0 Å². The zero-order valence-corrected chi connectivity index (χ0v) is 17.0. The molecule has 2 aliphatic rings. The van der Waals surface area contributed by atoms with Crippen molar-refractivity contribution >= 4 is 39.5 Å². The van der Waals surface area contributed by atoms with E-state index < -0.39 is 29.5 Å². The summed E-state index contributed by atoms with van der Waals surface area (Å²) in [4.78, 5) is 28.2. The molecule has 1 saturated heterocycles. The summed E-state index contributed by atoms with van der Waals surface area (Å²) in [6.45, 7) is 6.29. The molecule has 0 unspecified atom stereocenters. The summed E-state index contributed by atoms with van der Waals surface area (Å²) in [5.41, 5.74) is -0.783. The Morgan fingerprint density at radius 2 is 2.12 bits per heavy atom. The van der Waals surface area contributed by atoms with Crippen molar-refractivity contribution in [1.29, 1.82) is 0 Å². The molecule has 0 radical (unpaired) electrons. The number of carbonyl (C=O) groups is 2. The summed E-state index contributed by atoms with van der Waals surface area (Å²) in [7, 11) is 0. The summed E-state index contributed by atoms with van der Waals surface area (Å²) < 4.78 is 25.8. The van der Waals surface area contributed by atoms with E-state index in [1.165, 1.54) is 9.80 Å². The van der Waals surface area contributed by atoms with Crippen LogP contribution >= 0.6 is 27.5 Å². The number of hydrogen-bond donors (Lipinski definition) is 0. The van der Waals surface area contributed by atoms with Crippen LogP contribution in [0.3, 0.4) is 0 Å². The predicted molar refractivity (Wildman–Crippen MR) is 97.2 cm³/mol. The third-order valence-electron chi connectivity index (χ3n) is 4.16. The van der Waals surface area contributed by atoms with E-state index in [0.717, 1.165) is 6.07 Å². The fourth-order valence-corrected chi connectivity index (χ4v) is 3.57. The Morgan fingerprint density at radius 3 is 2.77 bits per heavy atom. The normalized spacial score (nSPS) is 20.1. The minimum absolute atomic E-state index is 0.0294. The highest BCUT2D eigenvalue weighted by Crippen LogP contribution is 2.40. The van der Waals surface area contributed by atoms with Crippen molar-refractivity contribution in [2.75, 3.05) is 26.2 Å². The highest BCUT2D eigenvalue weighted by Gasteiger charge is 2.40. The highest BCUT2D eigenvalue weighted by molar-refractivity contribution is 9.10. The van der Waals surface area contributed by atoms with Gasteiger partial charge in [0, 0.05) is 24.1 Å². The SMILES string of the molecule is CC(C)(C)OC(=O)N1CCN2C(=O)c3c(F)cc(Br)c(Cl)c3OC[C@H]2C1. The van der Waals surface area contributed by atoms with Crippen LogP contribution in [0.2, 0.25) is 5.02 Å². The molecule has 2 amide bonds. The van der Waals surface area contributed by atoms with E-state index in [1.807, 2.05) is 0 Å². The third kappa shape index (κ3) is 3.62. The van der Waals surface area contributed by atoms with Crippen LogP contribution < -0.4 is 4.74 Å². The number of nitrogens with zero attached hydrogens (tertiary/aromatic N) is 2. The first-order valence-corrected chi connectivity index (χ1v) is 9.35. The van der Waals surface area contributed by atoms with Crippen molar-refractivity contribution in [3.05, 3.63) is 26.9 Å². The van der Waals surface area contributed by atoms with Crippen LogP contribution in [0.25, 0.3) is 0 Å². The molecule has 0 bridgehead atoms. The number of hydrogen-bond acceptors (Lipinski definition) is 4. The average molecular weight is 450 g/mol. The summed E-state index contributed by atoms with van der Waals surface area (Å²) in [5, 5.41) is 0.151. The van der Waals surface area contributed by atoms with E-state index >= 15 is 0 Å². The van der Waals surface area contributed by atoms with Crippen LogP contribution in [0.1, 0.15) is 31.1 Å². The number of halogens is 3. The van der Waals surface area contributed by atoms with Gasteiger partial charge in [-0.1, -0.05) is 11.6 Å². The second kappa shape index (κ2) is 6.88. The van der Waals surface area contributed by atoms with Crippen molar-refractivity contribution in [2.45, 2.75) is 32.4 Å². The minimum atomic E-state index is -0.698. The molecule has 6 nitrogen and oxygen atoms in total. The number of benzene rings is 1. The van der Waals surface area contributed by atoms with E-state index in [-0.39, 0.29) is 36.0 Å². The first-order chi connectivity index (χ1) is 12.1. The lowest BCUT2D eigenvalue weighted by Gasteiger charge is -2.40. The Bertz CT molecular complexity index is 768. The van der Waals surface area contributed by atoms with Crippen LogP contribution in [0.15, 0.2) is 10.5 Å². The molecule has 26 heavy (non-hydrogen) atoms. The lowest BCUT2D eigenvalue weighted by atomic mass is 10.1. The lowest BCUT2D eigenvalue weighted by molar-refractivity contribution is 0.000899. The molecule has 1 aromatic rings. The van der Waals surface area contributed by atoms with Gasteiger partial charge in [-0.05, 0) is 42.8 Å². The van der Waals surface area contributed by atoms with Crippen LogP contribution in [-0.4, -0.2) is 59.7 Å². The summed E-state index contributed by atoms with van der Waals surface area (Å²) in [6, 6.07) is 0.741. The van der Waals surface area contributed by atoms with E-state index in [2.05, 4.69) is 15.9 Å². The Balaban J connectivity index is 1.84. The number of carbonyl (C=O) groups excluding carboxylic acids is 2. The molecule has 0 N–H and O–H groups in total. The van der Waals surface area contributed by atoms with Gasteiger partial charge in [-0.25, -0.2) is 9.18 Å². The highest BCUT2D eigenvalue weighted by atomic mass is 79.9. The molecule has 142 valence electrons. The molecule has 1 fully saturated rings. The number of rotatable bonds is 0. The largest absolute Gasteiger partial charge is 0.489 e. The predicted octanol–water partition coefficient (Wildman–Crippen LogP) is 3.70. The van der Waals surface area contributed by atoms with Crippen LogP contribution in [0, 0.1) is 5.82 Å². The van der Waals surface area contributed by atoms with Gasteiger partial charge >= 0.3 is 6.09 Å². The number of piperazine rings is 1. The fourth-order valence-electron chi connectivity index (χ4n) is 2.99. The van der Waals surface area contributed by atoms with Crippen LogP contribution in [-0.2, 0) is 4.74 Å². The third-order valence-corrected chi connectivity index (χ3v) is 5.39. The second-order valence-electron chi connectivity index (χ2n) is 7.25. The smallest absolute Gasteiger partial charge is 0.410 e. The van der Waals surface area contributed by atoms with Crippen LogP contribution in [0.4, 0.5) is 9.18 Å². The van der Waals surface area contributed by atoms with Gasteiger partial charge in [0.1, 0.15) is 23.6 Å². The summed E-state index contributed by atoms with van der Waals surface area (Å²) in [5.74, 6) is -1.16. The number of amides is 2. The number of fused-ring (bicyclic) bond motifs is 2. The monoisotopic (exact) mass is 448 g/mol. The molecule has 0 aromatic heterocycles. The fraction of sp³-hybridized carbons (Fsp3) is 0.529. The van der Waals surface area contributed by atoms with Gasteiger partial charge < -0.3 is 19.3 Å². The van der Waals surface area contributed by atoms with Gasteiger partial charge in [-0.3, -0.25) is 4.79 Å². The average Bonchev–Trinajstić information content (AvgIpc) is 2.68. The topological polar surface area (TPSA) is 59.1 Å². The second-order valence-corrected chi connectivity index (χ2v) is 8.48. The molecule has 0 saturated carbocycles. The van der Waals surface area contributed by atoms with Gasteiger partial charge in [0.15, 0.2) is 5.75 Å². The van der Waals surface area contributed by atoms with Crippen molar-refractivity contribution in [2.24, 2.45) is 0 Å². The molecule has 2 heterocycles. The Labute approximate surface area is 164 Å². The molecule has 0 aliphatic carbocycles.